The number of halogens is 1. The summed E-state index contributed by atoms with van der Waals surface area (Å²) in [7, 11) is 0. The number of hydrogen-bond acceptors (Lipinski definition) is 5. The molecule has 0 aliphatic rings. The van der Waals surface area contributed by atoms with Crippen molar-refractivity contribution in [3.05, 3.63) is 38.6 Å². The largest absolute Gasteiger partial charge is 0.384 e. The molecule has 0 saturated heterocycles. The summed E-state index contributed by atoms with van der Waals surface area (Å²) in [6, 6.07) is 3.30. The number of thiazole rings is 1. The highest BCUT2D eigenvalue weighted by molar-refractivity contribution is 7.09. The molecule has 0 spiro atoms. The van der Waals surface area contributed by atoms with Gasteiger partial charge in [0, 0.05) is 23.5 Å². The second-order valence-corrected chi connectivity index (χ2v) is 5.60. The average Bonchev–Trinajstić information content (AvgIpc) is 2.64. The van der Waals surface area contributed by atoms with E-state index in [0.29, 0.717) is 18.1 Å². The Morgan fingerprint density at radius 1 is 1.43 bits per heavy atom. The fraction of sp³-hybridized carbons (Fsp3) is 0.308. The average molecular weight is 329 g/mol. The second kappa shape index (κ2) is 7.24. The van der Waals surface area contributed by atoms with Crippen LogP contribution < -0.4 is 15.9 Å². The van der Waals surface area contributed by atoms with Gasteiger partial charge in [-0.1, -0.05) is 11.3 Å². The molecule has 2 aromatic rings. The highest BCUT2D eigenvalue weighted by atomic mass is 35.5. The van der Waals surface area contributed by atoms with Crippen LogP contribution in [0, 0.1) is 13.8 Å². The third kappa shape index (κ3) is 4.30. The molecule has 3 N–H and O–H groups in total. The van der Waals surface area contributed by atoms with Crippen molar-refractivity contribution in [2.75, 3.05) is 11.1 Å². The highest BCUT2D eigenvalue weighted by Crippen LogP contribution is 2.11. The number of rotatable bonds is 4. The Bertz CT molecular complexity index is 678. The Labute approximate surface area is 132 Å². The summed E-state index contributed by atoms with van der Waals surface area (Å²) in [6.45, 7) is 4.16. The van der Waals surface area contributed by atoms with E-state index in [1.54, 1.807) is 16.7 Å². The van der Waals surface area contributed by atoms with Gasteiger partial charge in [0.15, 0.2) is 0 Å². The number of anilines is 2. The molecule has 0 aromatic carbocycles. The Morgan fingerprint density at radius 3 is 2.67 bits per heavy atom. The summed E-state index contributed by atoms with van der Waals surface area (Å²) in [5, 5.41) is 2.72. The number of carbonyl (C=O) groups excluding carboxylic acids is 1. The second-order valence-electron chi connectivity index (χ2n) is 4.43. The summed E-state index contributed by atoms with van der Waals surface area (Å²) in [5.41, 5.74) is 6.98. The van der Waals surface area contributed by atoms with Crippen LogP contribution in [0.25, 0.3) is 0 Å². The number of aromatic nitrogens is 2. The molecular weight excluding hydrogens is 312 g/mol. The first-order chi connectivity index (χ1) is 9.47. The monoisotopic (exact) mass is 328 g/mol. The lowest BCUT2D eigenvalue weighted by atomic mass is 10.3. The van der Waals surface area contributed by atoms with Gasteiger partial charge in [-0.3, -0.25) is 9.59 Å². The molecular formula is C13H17ClN4O2S. The molecule has 6 nitrogen and oxygen atoms in total. The van der Waals surface area contributed by atoms with Crippen LogP contribution in [0.3, 0.4) is 0 Å². The third-order valence-corrected chi connectivity index (χ3v) is 4.00. The van der Waals surface area contributed by atoms with Gasteiger partial charge in [0.05, 0.1) is 11.9 Å². The van der Waals surface area contributed by atoms with Crippen LogP contribution in [-0.2, 0) is 11.3 Å². The van der Waals surface area contributed by atoms with Crippen molar-refractivity contribution in [2.45, 2.75) is 26.8 Å². The van der Waals surface area contributed by atoms with Gasteiger partial charge in [-0.2, -0.15) is 0 Å². The van der Waals surface area contributed by atoms with Crippen LogP contribution in [0.4, 0.5) is 11.5 Å². The Kier molecular flexibility index (Phi) is 5.92. The summed E-state index contributed by atoms with van der Waals surface area (Å²) >= 11 is 1.20. The maximum Gasteiger partial charge on any atom is 0.307 e. The van der Waals surface area contributed by atoms with E-state index in [2.05, 4.69) is 10.3 Å². The normalized spacial score (nSPS) is 10.0. The minimum Gasteiger partial charge on any atom is -0.384 e. The van der Waals surface area contributed by atoms with Gasteiger partial charge in [0.2, 0.25) is 5.91 Å². The van der Waals surface area contributed by atoms with Crippen LogP contribution in [0.5, 0.6) is 0 Å². The molecule has 0 saturated carbocycles. The van der Waals surface area contributed by atoms with Crippen LogP contribution in [0.1, 0.15) is 17.0 Å². The molecule has 2 rings (SSSR count). The van der Waals surface area contributed by atoms with Crippen molar-refractivity contribution in [3.63, 3.8) is 0 Å². The van der Waals surface area contributed by atoms with Gasteiger partial charge in [-0.15, -0.1) is 12.4 Å². The topological polar surface area (TPSA) is 90.0 Å². The van der Waals surface area contributed by atoms with Crippen molar-refractivity contribution >= 4 is 41.2 Å². The predicted molar refractivity (Wildman–Crippen MR) is 87.2 cm³/mol. The summed E-state index contributed by atoms with van der Waals surface area (Å²) in [5.74, 6) is 0.241. The molecule has 0 aliphatic heterocycles. The lowest BCUT2D eigenvalue weighted by Crippen LogP contribution is -2.20. The molecule has 2 aromatic heterocycles. The number of hydrogen-bond donors (Lipinski definition) is 2. The van der Waals surface area contributed by atoms with Gasteiger partial charge in [-0.25, -0.2) is 4.98 Å². The van der Waals surface area contributed by atoms with E-state index in [4.69, 9.17) is 5.73 Å². The maximum absolute atomic E-state index is 11.8. The number of nitrogens with one attached hydrogen (secondary N) is 1. The quantitative estimate of drug-likeness (QED) is 0.897. The lowest BCUT2D eigenvalue weighted by Gasteiger charge is -2.06. The molecule has 0 bridgehead atoms. The number of pyridine rings is 1. The van der Waals surface area contributed by atoms with Gasteiger partial charge in [0.25, 0.3) is 0 Å². The van der Waals surface area contributed by atoms with E-state index in [1.807, 2.05) is 13.8 Å². The molecule has 0 aliphatic carbocycles. The highest BCUT2D eigenvalue weighted by Gasteiger charge is 2.09. The Balaban J connectivity index is 0.00000220. The fourth-order valence-corrected chi connectivity index (χ4v) is 2.62. The molecule has 0 atom stereocenters. The number of nitrogens with two attached hydrogens (primary N) is 1. The van der Waals surface area contributed by atoms with Crippen molar-refractivity contribution in [3.8, 4) is 0 Å². The van der Waals surface area contributed by atoms with Gasteiger partial charge < -0.3 is 15.6 Å². The zero-order valence-corrected chi connectivity index (χ0v) is 13.4. The Morgan fingerprint density at radius 2 is 2.14 bits per heavy atom. The first-order valence-electron chi connectivity index (χ1n) is 6.15. The van der Waals surface area contributed by atoms with Gasteiger partial charge in [0.1, 0.15) is 5.82 Å². The SMILES string of the molecule is Cc1sc(=O)n(CCC(=O)Nc2ccc(N)nc2)c1C.Cl. The molecule has 21 heavy (non-hydrogen) atoms. The fourth-order valence-electron chi connectivity index (χ4n) is 1.76. The van der Waals surface area contributed by atoms with Crippen LogP contribution in [0.2, 0.25) is 0 Å². The molecule has 0 radical (unpaired) electrons. The van der Waals surface area contributed by atoms with E-state index in [-0.39, 0.29) is 29.6 Å². The number of aryl methyl sites for hydroxylation is 1. The minimum atomic E-state index is -0.160. The van der Waals surface area contributed by atoms with E-state index in [0.717, 1.165) is 10.6 Å². The van der Waals surface area contributed by atoms with Crippen molar-refractivity contribution < 1.29 is 4.79 Å². The lowest BCUT2D eigenvalue weighted by molar-refractivity contribution is -0.116. The van der Waals surface area contributed by atoms with Gasteiger partial charge in [-0.05, 0) is 26.0 Å². The molecule has 0 unspecified atom stereocenters. The van der Waals surface area contributed by atoms with E-state index in [9.17, 15) is 9.59 Å². The van der Waals surface area contributed by atoms with Crippen LogP contribution in [0.15, 0.2) is 23.1 Å². The van der Waals surface area contributed by atoms with E-state index in [1.165, 1.54) is 17.5 Å². The molecule has 2 heterocycles. The number of nitrogen functional groups attached to an aromatic ring is 1. The van der Waals surface area contributed by atoms with Gasteiger partial charge >= 0.3 is 4.87 Å². The first-order valence-corrected chi connectivity index (χ1v) is 6.97. The van der Waals surface area contributed by atoms with E-state index < -0.39 is 0 Å². The molecule has 1 amide bonds. The van der Waals surface area contributed by atoms with E-state index >= 15 is 0 Å². The van der Waals surface area contributed by atoms with Crippen molar-refractivity contribution in [1.82, 2.24) is 9.55 Å². The number of nitrogens with zero attached hydrogens (tertiary/aromatic N) is 2. The molecule has 0 fully saturated rings. The van der Waals surface area contributed by atoms with Crippen molar-refractivity contribution in [1.29, 1.82) is 0 Å². The predicted octanol–water partition coefficient (Wildman–Crippen LogP) is 1.95. The standard InChI is InChI=1S/C13H16N4O2S.ClH/c1-8-9(2)20-13(19)17(8)6-5-12(18)16-10-3-4-11(14)15-7-10;/h3-4,7H,5-6H2,1-2H3,(H2,14,15)(H,16,18);1H. The third-order valence-electron chi connectivity index (χ3n) is 3.01. The summed E-state index contributed by atoms with van der Waals surface area (Å²) in [4.78, 5) is 28.4. The smallest absolute Gasteiger partial charge is 0.307 e. The molecule has 8 heteroatoms. The molecule has 114 valence electrons. The van der Waals surface area contributed by atoms with Crippen molar-refractivity contribution in [2.24, 2.45) is 0 Å². The van der Waals surface area contributed by atoms with Crippen LogP contribution >= 0.6 is 23.7 Å². The van der Waals surface area contributed by atoms with Crippen LogP contribution in [-0.4, -0.2) is 15.5 Å². The summed E-state index contributed by atoms with van der Waals surface area (Å²) in [6.07, 6.45) is 1.74. The maximum atomic E-state index is 11.8. The minimum absolute atomic E-state index is 0. The zero-order chi connectivity index (χ0) is 14.7. The Hall–Kier alpha value is -1.86. The zero-order valence-electron chi connectivity index (χ0n) is 11.8. The number of carbonyl (C=O) groups is 1. The number of amides is 1. The first kappa shape index (κ1) is 17.2. The summed E-state index contributed by atoms with van der Waals surface area (Å²) < 4.78 is 1.63.